The second-order valence-electron chi connectivity index (χ2n) is 6.47. The fraction of sp³-hybridized carbons (Fsp3) is 0.733. The summed E-state index contributed by atoms with van der Waals surface area (Å²) in [5.41, 5.74) is 0.460. The topological polar surface area (TPSA) is 20.2 Å². The Kier molecular flexibility index (Phi) is 3.15. The summed E-state index contributed by atoms with van der Waals surface area (Å²) < 4.78 is 0. The smallest absolute Gasteiger partial charge is 0.0743 e. The van der Waals surface area contributed by atoms with E-state index in [0.29, 0.717) is 0 Å². The van der Waals surface area contributed by atoms with Crippen LogP contribution in [0.4, 0.5) is 0 Å². The molecule has 0 amide bonds. The monoisotopic (exact) mass is 222 g/mol. The zero-order valence-corrected chi connectivity index (χ0v) is 11.6. The summed E-state index contributed by atoms with van der Waals surface area (Å²) in [5.74, 6) is 0.257. The molecule has 1 rings (SSSR count). The zero-order valence-electron chi connectivity index (χ0n) is 11.6. The molecule has 0 aromatic heterocycles. The van der Waals surface area contributed by atoms with Gasteiger partial charge in [0.05, 0.1) is 5.60 Å². The summed E-state index contributed by atoms with van der Waals surface area (Å²) in [7, 11) is 0. The summed E-state index contributed by atoms with van der Waals surface area (Å²) in [6.45, 7) is 16.5. The Labute approximate surface area is 100 Å². The van der Waals surface area contributed by atoms with Crippen LogP contribution in [0.15, 0.2) is 24.3 Å². The van der Waals surface area contributed by atoms with Gasteiger partial charge in [-0.25, -0.2) is 0 Å². The molecule has 1 nitrogen and oxygen atoms in total. The summed E-state index contributed by atoms with van der Waals surface area (Å²) in [5, 5.41) is 10.9. The van der Waals surface area contributed by atoms with Crippen molar-refractivity contribution in [3.05, 3.63) is 24.3 Å². The normalized spacial score (nSPS) is 28.4. The average Bonchev–Trinajstić information content (AvgIpc) is 2.42. The lowest BCUT2D eigenvalue weighted by Crippen LogP contribution is -2.51. The van der Waals surface area contributed by atoms with Crippen LogP contribution in [0.1, 0.15) is 48.0 Å². The lowest BCUT2D eigenvalue weighted by atomic mass is 9.60. The molecule has 0 radical (unpaired) electrons. The number of hydrogen-bond acceptors (Lipinski definition) is 1. The van der Waals surface area contributed by atoms with E-state index in [-0.39, 0.29) is 16.7 Å². The first-order valence-electron chi connectivity index (χ1n) is 6.10. The Balaban J connectivity index is 3.09. The maximum absolute atomic E-state index is 10.9. The molecular weight excluding hydrogens is 196 g/mol. The molecule has 1 heteroatoms. The van der Waals surface area contributed by atoms with Gasteiger partial charge in [0, 0.05) is 11.3 Å². The Morgan fingerprint density at radius 1 is 1.44 bits per heavy atom. The molecule has 1 aliphatic rings. The first-order chi connectivity index (χ1) is 7.07. The Morgan fingerprint density at radius 2 is 1.94 bits per heavy atom. The SMILES string of the molecule is C=CC(C)(C)C(C)(O)C1CC=C(C)C1(C)C. The Hall–Kier alpha value is -0.560. The van der Waals surface area contributed by atoms with Crippen molar-refractivity contribution >= 4 is 0 Å². The maximum atomic E-state index is 10.9. The maximum Gasteiger partial charge on any atom is 0.0743 e. The van der Waals surface area contributed by atoms with Gasteiger partial charge >= 0.3 is 0 Å². The highest BCUT2D eigenvalue weighted by Gasteiger charge is 2.51. The molecule has 0 bridgehead atoms. The molecule has 0 aliphatic heterocycles. The average molecular weight is 222 g/mol. The molecule has 0 fully saturated rings. The lowest BCUT2D eigenvalue weighted by Gasteiger charge is -2.48. The molecule has 92 valence electrons. The predicted octanol–water partition coefficient (Wildman–Crippen LogP) is 3.94. The summed E-state index contributed by atoms with van der Waals surface area (Å²) in [6.07, 6.45) is 5.10. The van der Waals surface area contributed by atoms with Gasteiger partial charge < -0.3 is 5.11 Å². The van der Waals surface area contributed by atoms with Crippen molar-refractivity contribution in [3.8, 4) is 0 Å². The van der Waals surface area contributed by atoms with Crippen LogP contribution in [0.25, 0.3) is 0 Å². The van der Waals surface area contributed by atoms with Crippen molar-refractivity contribution in [1.82, 2.24) is 0 Å². The van der Waals surface area contributed by atoms with E-state index in [4.69, 9.17) is 0 Å². The quantitative estimate of drug-likeness (QED) is 0.717. The molecule has 0 heterocycles. The molecule has 2 atom stereocenters. The van der Waals surface area contributed by atoms with Crippen LogP contribution >= 0.6 is 0 Å². The van der Waals surface area contributed by atoms with Gasteiger partial charge in [0.15, 0.2) is 0 Å². The third-order valence-corrected chi connectivity index (χ3v) is 5.04. The Bertz CT molecular complexity index is 318. The lowest BCUT2D eigenvalue weighted by molar-refractivity contribution is -0.100. The van der Waals surface area contributed by atoms with E-state index in [1.54, 1.807) is 0 Å². The fourth-order valence-electron chi connectivity index (χ4n) is 2.71. The first kappa shape index (κ1) is 13.5. The largest absolute Gasteiger partial charge is 0.389 e. The summed E-state index contributed by atoms with van der Waals surface area (Å²) in [6, 6.07) is 0. The molecule has 0 spiro atoms. The Morgan fingerprint density at radius 3 is 2.25 bits per heavy atom. The molecule has 0 saturated carbocycles. The van der Waals surface area contributed by atoms with Crippen molar-refractivity contribution in [2.45, 2.75) is 53.6 Å². The highest BCUT2D eigenvalue weighted by molar-refractivity contribution is 5.23. The van der Waals surface area contributed by atoms with Crippen LogP contribution in [0.5, 0.6) is 0 Å². The van der Waals surface area contributed by atoms with Gasteiger partial charge in [-0.3, -0.25) is 0 Å². The van der Waals surface area contributed by atoms with Crippen molar-refractivity contribution in [1.29, 1.82) is 0 Å². The first-order valence-corrected chi connectivity index (χ1v) is 6.10. The van der Waals surface area contributed by atoms with E-state index in [2.05, 4.69) is 47.3 Å². The van der Waals surface area contributed by atoms with Gasteiger partial charge in [0.1, 0.15) is 0 Å². The summed E-state index contributed by atoms with van der Waals surface area (Å²) in [4.78, 5) is 0. The van der Waals surface area contributed by atoms with Crippen LogP contribution in [-0.4, -0.2) is 10.7 Å². The molecular formula is C15H26O. The molecule has 0 aromatic carbocycles. The third kappa shape index (κ3) is 1.75. The second kappa shape index (κ2) is 3.73. The van der Waals surface area contributed by atoms with Crippen LogP contribution in [0, 0.1) is 16.7 Å². The van der Waals surface area contributed by atoms with Crippen LogP contribution in [0.3, 0.4) is 0 Å². The van der Waals surface area contributed by atoms with Crippen molar-refractivity contribution < 1.29 is 5.11 Å². The zero-order chi connectivity index (χ0) is 12.8. The van der Waals surface area contributed by atoms with Gasteiger partial charge in [0.2, 0.25) is 0 Å². The minimum Gasteiger partial charge on any atom is -0.389 e. The van der Waals surface area contributed by atoms with E-state index < -0.39 is 5.60 Å². The van der Waals surface area contributed by atoms with Gasteiger partial charge in [0.25, 0.3) is 0 Å². The molecule has 16 heavy (non-hydrogen) atoms. The number of rotatable bonds is 3. The predicted molar refractivity (Wildman–Crippen MR) is 70.2 cm³/mol. The van der Waals surface area contributed by atoms with Gasteiger partial charge in [-0.2, -0.15) is 0 Å². The van der Waals surface area contributed by atoms with Crippen molar-refractivity contribution in [2.24, 2.45) is 16.7 Å². The highest BCUT2D eigenvalue weighted by atomic mass is 16.3. The van der Waals surface area contributed by atoms with E-state index in [0.717, 1.165) is 6.42 Å². The van der Waals surface area contributed by atoms with E-state index >= 15 is 0 Å². The molecule has 1 aliphatic carbocycles. The van der Waals surface area contributed by atoms with Gasteiger partial charge in [-0.1, -0.05) is 45.4 Å². The second-order valence-corrected chi connectivity index (χ2v) is 6.47. The summed E-state index contributed by atoms with van der Waals surface area (Å²) >= 11 is 0. The standard InChI is InChI=1S/C15H26O/c1-8-13(3,4)15(7,16)12-10-9-11(2)14(12,5)6/h8-9,12,16H,1,10H2,2-7H3. The van der Waals surface area contributed by atoms with Crippen molar-refractivity contribution in [3.63, 3.8) is 0 Å². The van der Waals surface area contributed by atoms with Crippen molar-refractivity contribution in [2.75, 3.05) is 0 Å². The molecule has 0 saturated heterocycles. The number of allylic oxidation sites excluding steroid dienone is 2. The van der Waals surface area contributed by atoms with Gasteiger partial charge in [-0.15, -0.1) is 6.58 Å². The molecule has 2 unspecified atom stereocenters. The minimum atomic E-state index is -0.730. The number of aliphatic hydroxyl groups is 1. The number of hydrogen-bond donors (Lipinski definition) is 1. The minimum absolute atomic E-state index is 0.0732. The van der Waals surface area contributed by atoms with Crippen LogP contribution < -0.4 is 0 Å². The van der Waals surface area contributed by atoms with Crippen LogP contribution in [0.2, 0.25) is 0 Å². The molecule has 1 N–H and O–H groups in total. The third-order valence-electron chi connectivity index (χ3n) is 5.04. The van der Waals surface area contributed by atoms with Gasteiger partial charge in [-0.05, 0) is 25.7 Å². The highest BCUT2D eigenvalue weighted by Crippen LogP contribution is 2.53. The van der Waals surface area contributed by atoms with Crippen LogP contribution in [-0.2, 0) is 0 Å². The van der Waals surface area contributed by atoms with E-state index in [1.165, 1.54) is 5.57 Å². The van der Waals surface area contributed by atoms with E-state index in [1.807, 2.05) is 13.0 Å². The fourth-order valence-corrected chi connectivity index (χ4v) is 2.71. The van der Waals surface area contributed by atoms with E-state index in [9.17, 15) is 5.11 Å². The molecule has 0 aromatic rings.